The first-order valence-corrected chi connectivity index (χ1v) is 8.20. The van der Waals surface area contributed by atoms with E-state index in [-0.39, 0.29) is 11.5 Å². The van der Waals surface area contributed by atoms with Crippen molar-refractivity contribution in [1.82, 2.24) is 10.3 Å². The molecule has 0 spiro atoms. The lowest BCUT2D eigenvalue weighted by atomic mass is 10.0. The molecule has 0 aromatic carbocycles. The number of esters is 1. The highest BCUT2D eigenvalue weighted by atomic mass is 32.2. The van der Waals surface area contributed by atoms with Gasteiger partial charge in [-0.3, -0.25) is 9.78 Å². The molecule has 0 aliphatic carbocycles. The van der Waals surface area contributed by atoms with Crippen LogP contribution in [0.25, 0.3) is 0 Å². The molecule has 0 radical (unpaired) electrons. The van der Waals surface area contributed by atoms with Crippen molar-refractivity contribution in [3.8, 4) is 0 Å². The minimum absolute atomic E-state index is 0.0561. The smallest absolute Gasteiger partial charge is 0.338 e. The molecule has 1 N–H and O–H groups in total. The molecule has 2 rings (SSSR count). The van der Waals surface area contributed by atoms with Crippen LogP contribution in [0.1, 0.15) is 23.7 Å². The van der Waals surface area contributed by atoms with Crippen LogP contribution in [0, 0.1) is 0 Å². The summed E-state index contributed by atoms with van der Waals surface area (Å²) in [5.41, 5.74) is -0.494. The Kier molecular flexibility index (Phi) is 4.26. The summed E-state index contributed by atoms with van der Waals surface area (Å²) in [6.07, 6.45) is 3.25. The number of nitrogens with zero attached hydrogens (tertiary/aromatic N) is 1. The van der Waals surface area contributed by atoms with E-state index in [0.29, 0.717) is 12.0 Å². The molecule has 0 saturated carbocycles. The van der Waals surface area contributed by atoms with Gasteiger partial charge in [0.25, 0.3) is 5.91 Å². The van der Waals surface area contributed by atoms with E-state index in [4.69, 9.17) is 4.74 Å². The van der Waals surface area contributed by atoms with Crippen LogP contribution in [0.5, 0.6) is 0 Å². The number of hydrogen-bond donors (Lipinski definition) is 1. The third-order valence-corrected chi connectivity index (χ3v) is 5.10. The summed E-state index contributed by atoms with van der Waals surface area (Å²) in [4.78, 5) is 27.2. The number of sulfone groups is 1. The summed E-state index contributed by atoms with van der Waals surface area (Å²) >= 11 is 0. The monoisotopic (exact) mass is 312 g/mol. The fraction of sp³-hybridized carbons (Fsp3) is 0.462. The molecule has 0 unspecified atom stereocenters. The van der Waals surface area contributed by atoms with E-state index in [1.54, 1.807) is 6.92 Å². The molecule has 21 heavy (non-hydrogen) atoms. The van der Waals surface area contributed by atoms with Crippen molar-refractivity contribution in [2.24, 2.45) is 0 Å². The van der Waals surface area contributed by atoms with Crippen LogP contribution in [0.3, 0.4) is 0 Å². The molecule has 114 valence electrons. The highest BCUT2D eigenvalue weighted by Crippen LogP contribution is 2.22. The molecule has 0 bridgehead atoms. The van der Waals surface area contributed by atoms with E-state index in [1.807, 2.05) is 0 Å². The lowest BCUT2D eigenvalue weighted by molar-refractivity contribution is -0.125. The van der Waals surface area contributed by atoms with Gasteiger partial charge in [-0.1, -0.05) is 0 Å². The molecule has 1 aliphatic rings. The zero-order chi connectivity index (χ0) is 15.5. The van der Waals surface area contributed by atoms with Gasteiger partial charge in [0.2, 0.25) is 0 Å². The van der Waals surface area contributed by atoms with Gasteiger partial charge in [-0.25, -0.2) is 13.2 Å². The van der Waals surface area contributed by atoms with Gasteiger partial charge >= 0.3 is 5.97 Å². The molecule has 1 aromatic rings. The van der Waals surface area contributed by atoms with Crippen molar-refractivity contribution >= 4 is 21.7 Å². The predicted octanol–water partition coefficient (Wildman–Crippen LogP) is -0.0682. The van der Waals surface area contributed by atoms with Crippen LogP contribution >= 0.6 is 0 Å². The standard InChI is InChI=1S/C13H16N2O5S/c1-13(4-7-21(18,19)9-13)15-11(16)8-20-12(17)10-2-5-14-6-3-10/h2-3,5-6H,4,7-9H2,1H3,(H,15,16)/t13-/m1/s1. The van der Waals surface area contributed by atoms with Crippen LogP contribution in [-0.2, 0) is 19.4 Å². The molecule has 1 atom stereocenters. The van der Waals surface area contributed by atoms with E-state index in [0.717, 1.165) is 0 Å². The lowest BCUT2D eigenvalue weighted by Crippen LogP contribution is -2.48. The minimum atomic E-state index is -3.10. The third kappa shape index (κ3) is 4.25. The fourth-order valence-electron chi connectivity index (χ4n) is 2.18. The van der Waals surface area contributed by atoms with E-state index in [1.165, 1.54) is 24.5 Å². The Hall–Kier alpha value is -1.96. The minimum Gasteiger partial charge on any atom is -0.452 e. The lowest BCUT2D eigenvalue weighted by Gasteiger charge is -2.23. The second-order valence-electron chi connectivity index (χ2n) is 5.26. The van der Waals surface area contributed by atoms with Crippen molar-refractivity contribution in [3.63, 3.8) is 0 Å². The average Bonchev–Trinajstić information content (AvgIpc) is 2.70. The van der Waals surface area contributed by atoms with E-state index in [9.17, 15) is 18.0 Å². The Labute approximate surface area is 122 Å². The van der Waals surface area contributed by atoms with Gasteiger partial charge in [0.1, 0.15) is 0 Å². The SMILES string of the molecule is C[C@@]1(NC(=O)COC(=O)c2ccncc2)CCS(=O)(=O)C1. The van der Waals surface area contributed by atoms with Gasteiger partial charge in [-0.05, 0) is 25.5 Å². The normalized spacial score (nSPS) is 23.5. The Balaban J connectivity index is 1.85. The number of rotatable bonds is 4. The van der Waals surface area contributed by atoms with Crippen molar-refractivity contribution in [3.05, 3.63) is 30.1 Å². The maximum Gasteiger partial charge on any atom is 0.338 e. The van der Waals surface area contributed by atoms with Crippen LogP contribution in [0.2, 0.25) is 0 Å². The highest BCUT2D eigenvalue weighted by Gasteiger charge is 2.39. The number of ether oxygens (including phenoxy) is 1. The topological polar surface area (TPSA) is 102 Å². The number of carbonyl (C=O) groups excluding carboxylic acids is 2. The maximum absolute atomic E-state index is 11.8. The van der Waals surface area contributed by atoms with Crippen molar-refractivity contribution in [2.75, 3.05) is 18.1 Å². The Bertz CT molecular complexity index is 644. The molecule has 7 nitrogen and oxygen atoms in total. The largest absolute Gasteiger partial charge is 0.452 e. The third-order valence-electron chi connectivity index (χ3n) is 3.19. The zero-order valence-corrected chi connectivity index (χ0v) is 12.4. The van der Waals surface area contributed by atoms with Gasteiger partial charge < -0.3 is 10.1 Å². The zero-order valence-electron chi connectivity index (χ0n) is 11.5. The molecule has 8 heteroatoms. The van der Waals surface area contributed by atoms with Gasteiger partial charge in [-0.2, -0.15) is 0 Å². The maximum atomic E-state index is 11.8. The van der Waals surface area contributed by atoms with Crippen LogP contribution in [-0.4, -0.2) is 48.9 Å². The Morgan fingerprint density at radius 2 is 2.05 bits per heavy atom. The second-order valence-corrected chi connectivity index (χ2v) is 7.45. The first-order chi connectivity index (χ1) is 9.80. The van der Waals surface area contributed by atoms with Crippen molar-refractivity contribution in [1.29, 1.82) is 0 Å². The van der Waals surface area contributed by atoms with Crippen LogP contribution < -0.4 is 5.32 Å². The second kappa shape index (κ2) is 5.80. The van der Waals surface area contributed by atoms with E-state index < -0.39 is 33.9 Å². The van der Waals surface area contributed by atoms with Gasteiger partial charge in [0, 0.05) is 12.4 Å². The Morgan fingerprint density at radius 1 is 1.38 bits per heavy atom. The summed E-state index contributed by atoms with van der Waals surface area (Å²) in [6.45, 7) is 1.22. The molecule has 1 fully saturated rings. The number of hydrogen-bond acceptors (Lipinski definition) is 6. The summed E-state index contributed by atoms with van der Waals surface area (Å²) in [7, 11) is -3.10. The predicted molar refractivity (Wildman–Crippen MR) is 74.3 cm³/mol. The Morgan fingerprint density at radius 3 is 2.62 bits per heavy atom. The summed E-state index contributed by atoms with van der Waals surface area (Å²) < 4.78 is 27.7. The number of nitrogens with one attached hydrogen (secondary N) is 1. The number of carbonyl (C=O) groups is 2. The first-order valence-electron chi connectivity index (χ1n) is 6.38. The van der Waals surface area contributed by atoms with Crippen molar-refractivity contribution in [2.45, 2.75) is 18.9 Å². The summed E-state index contributed by atoms with van der Waals surface area (Å²) in [5.74, 6) is -1.18. The molecule has 1 saturated heterocycles. The van der Waals surface area contributed by atoms with Gasteiger partial charge in [0.05, 0.1) is 22.6 Å². The van der Waals surface area contributed by atoms with Gasteiger partial charge in [0.15, 0.2) is 16.4 Å². The van der Waals surface area contributed by atoms with Crippen molar-refractivity contribution < 1.29 is 22.7 Å². The summed E-state index contributed by atoms with van der Waals surface area (Å²) in [5, 5.41) is 2.61. The van der Waals surface area contributed by atoms with E-state index in [2.05, 4.69) is 10.3 Å². The molecule has 1 amide bonds. The fourth-order valence-corrected chi connectivity index (χ4v) is 4.28. The molecular weight excluding hydrogens is 296 g/mol. The molecule has 1 aromatic heterocycles. The number of amides is 1. The number of pyridine rings is 1. The average molecular weight is 312 g/mol. The highest BCUT2D eigenvalue weighted by molar-refractivity contribution is 7.91. The van der Waals surface area contributed by atoms with Gasteiger partial charge in [-0.15, -0.1) is 0 Å². The van der Waals surface area contributed by atoms with E-state index >= 15 is 0 Å². The molecular formula is C13H16N2O5S. The molecule has 1 aliphatic heterocycles. The van der Waals surface area contributed by atoms with Crippen LogP contribution in [0.15, 0.2) is 24.5 Å². The van der Waals surface area contributed by atoms with Crippen LogP contribution in [0.4, 0.5) is 0 Å². The molecule has 2 heterocycles. The first kappa shape index (κ1) is 15.4. The summed E-state index contributed by atoms with van der Waals surface area (Å²) in [6, 6.07) is 2.95. The number of aromatic nitrogens is 1. The quantitative estimate of drug-likeness (QED) is 0.781.